The Morgan fingerprint density at radius 1 is 1.16 bits per heavy atom. The molecule has 0 aliphatic heterocycles. The molecule has 0 fully saturated rings. The molecule has 19 heavy (non-hydrogen) atoms. The summed E-state index contributed by atoms with van der Waals surface area (Å²) in [5.74, 6) is 0.233. The number of carbonyl (C=O) groups excluding carboxylic acids is 1. The third-order valence-electron chi connectivity index (χ3n) is 3.69. The van der Waals surface area contributed by atoms with Gasteiger partial charge in [0.05, 0.1) is 10.7 Å². The maximum atomic E-state index is 12.2. The lowest BCUT2D eigenvalue weighted by atomic mass is 9.76. The number of fused-ring (bicyclic) bond motifs is 1. The number of halogens is 1. The monoisotopic (exact) mass is 273 g/mol. The summed E-state index contributed by atoms with van der Waals surface area (Å²) >= 11 is 6.26. The fraction of sp³-hybridized carbons (Fsp3) is 0.312. The molecule has 3 rings (SSSR count). The van der Waals surface area contributed by atoms with Crippen molar-refractivity contribution in [1.29, 1.82) is 0 Å². The zero-order valence-electron chi connectivity index (χ0n) is 11.1. The quantitative estimate of drug-likeness (QED) is 0.760. The van der Waals surface area contributed by atoms with Crippen molar-refractivity contribution in [2.45, 2.75) is 26.7 Å². The summed E-state index contributed by atoms with van der Waals surface area (Å²) in [5, 5.41) is 0.705. The smallest absolute Gasteiger partial charge is 0.165 e. The topological polar surface area (TPSA) is 22.0 Å². The normalized spacial score (nSPS) is 17.3. The first kappa shape index (κ1) is 12.5. The second kappa shape index (κ2) is 4.24. The molecule has 0 radical (unpaired) electrons. The van der Waals surface area contributed by atoms with Crippen LogP contribution in [-0.2, 0) is 6.42 Å². The second-order valence-corrected chi connectivity index (χ2v) is 6.35. The molecule has 0 unspecified atom stereocenters. The van der Waals surface area contributed by atoms with Gasteiger partial charge < -0.3 is 4.57 Å². The van der Waals surface area contributed by atoms with Crippen LogP contribution in [0.2, 0.25) is 5.02 Å². The minimum atomic E-state index is 0.0153. The highest BCUT2D eigenvalue weighted by molar-refractivity contribution is 6.32. The number of para-hydroxylation sites is 1. The van der Waals surface area contributed by atoms with Crippen LogP contribution in [0.5, 0.6) is 0 Å². The molecule has 0 spiro atoms. The Balaban J connectivity index is 2.17. The maximum absolute atomic E-state index is 12.2. The number of carbonyl (C=O) groups is 1. The molecule has 0 saturated heterocycles. The van der Waals surface area contributed by atoms with Crippen molar-refractivity contribution >= 4 is 17.4 Å². The van der Waals surface area contributed by atoms with Gasteiger partial charge in [0, 0.05) is 23.9 Å². The Bertz CT molecular complexity index is 655. The predicted octanol–water partition coefficient (Wildman–Crippen LogP) is 4.29. The molecule has 0 atom stereocenters. The van der Waals surface area contributed by atoms with Gasteiger partial charge in [-0.15, -0.1) is 0 Å². The summed E-state index contributed by atoms with van der Waals surface area (Å²) < 4.78 is 2.05. The Morgan fingerprint density at radius 2 is 1.89 bits per heavy atom. The Morgan fingerprint density at radius 3 is 2.63 bits per heavy atom. The van der Waals surface area contributed by atoms with Gasteiger partial charge in [-0.3, -0.25) is 4.79 Å². The number of rotatable bonds is 1. The Labute approximate surface area is 118 Å². The van der Waals surface area contributed by atoms with Crippen molar-refractivity contribution in [3.05, 3.63) is 52.8 Å². The summed E-state index contributed by atoms with van der Waals surface area (Å²) in [4.78, 5) is 12.2. The number of nitrogens with zero attached hydrogens (tertiary/aromatic N) is 1. The first-order chi connectivity index (χ1) is 8.98. The van der Waals surface area contributed by atoms with E-state index >= 15 is 0 Å². The molecule has 0 amide bonds. The molecule has 1 aromatic carbocycles. The van der Waals surface area contributed by atoms with Gasteiger partial charge in [0.1, 0.15) is 0 Å². The van der Waals surface area contributed by atoms with E-state index < -0.39 is 0 Å². The van der Waals surface area contributed by atoms with Gasteiger partial charge in [0.2, 0.25) is 0 Å². The summed E-state index contributed by atoms with van der Waals surface area (Å²) in [6.07, 6.45) is 3.46. The molecule has 0 saturated carbocycles. The number of ketones is 1. The number of hydrogen-bond donors (Lipinski definition) is 0. The molecule has 3 heteroatoms. The highest BCUT2D eigenvalue weighted by atomic mass is 35.5. The number of Topliss-reactive ketones (excluding diaryl/α,β-unsaturated/α-hetero) is 1. The van der Waals surface area contributed by atoms with E-state index in [0.29, 0.717) is 11.4 Å². The molecule has 1 heterocycles. The number of hydrogen-bond acceptors (Lipinski definition) is 1. The van der Waals surface area contributed by atoms with Crippen LogP contribution in [0.25, 0.3) is 5.69 Å². The van der Waals surface area contributed by atoms with Crippen molar-refractivity contribution in [3.8, 4) is 5.69 Å². The zero-order chi connectivity index (χ0) is 13.6. The first-order valence-corrected chi connectivity index (χ1v) is 6.84. The molecule has 98 valence electrons. The molecule has 2 nitrogen and oxygen atoms in total. The van der Waals surface area contributed by atoms with Crippen LogP contribution in [0, 0.1) is 5.41 Å². The van der Waals surface area contributed by atoms with Gasteiger partial charge in [-0.2, -0.15) is 0 Å². The lowest BCUT2D eigenvalue weighted by molar-refractivity contribution is 0.0911. The van der Waals surface area contributed by atoms with Crippen LogP contribution < -0.4 is 0 Å². The van der Waals surface area contributed by atoms with Crippen molar-refractivity contribution in [3.63, 3.8) is 0 Å². The maximum Gasteiger partial charge on any atom is 0.165 e. The van der Waals surface area contributed by atoms with Crippen LogP contribution in [-0.4, -0.2) is 10.4 Å². The fourth-order valence-electron chi connectivity index (χ4n) is 2.82. The molecule has 1 aromatic heterocycles. The molecule has 2 aromatic rings. The molecular formula is C16H16ClNO. The van der Waals surface area contributed by atoms with E-state index in [4.69, 9.17) is 11.6 Å². The standard InChI is InChI=1S/C16H16ClNO/c1-16(2)9-14-11(15(19)10-16)7-8-18(14)13-6-4-3-5-12(13)17/h3-8H,9-10H2,1-2H3. The van der Waals surface area contributed by atoms with E-state index in [0.717, 1.165) is 23.4 Å². The SMILES string of the molecule is CC1(C)CC(=O)c2ccn(-c3ccccc3Cl)c2C1. The van der Waals surface area contributed by atoms with Gasteiger partial charge in [-0.25, -0.2) is 0 Å². The highest BCUT2D eigenvalue weighted by Gasteiger charge is 2.33. The summed E-state index contributed by atoms with van der Waals surface area (Å²) in [7, 11) is 0. The Kier molecular flexibility index (Phi) is 2.79. The van der Waals surface area contributed by atoms with Gasteiger partial charge in [0.25, 0.3) is 0 Å². The average Bonchev–Trinajstić information content (AvgIpc) is 2.72. The first-order valence-electron chi connectivity index (χ1n) is 6.46. The number of benzene rings is 1. The highest BCUT2D eigenvalue weighted by Crippen LogP contribution is 2.37. The van der Waals surface area contributed by atoms with Crippen LogP contribution in [0.15, 0.2) is 36.5 Å². The van der Waals surface area contributed by atoms with Gasteiger partial charge >= 0.3 is 0 Å². The van der Waals surface area contributed by atoms with Crippen LogP contribution in [0.4, 0.5) is 0 Å². The van der Waals surface area contributed by atoms with Gasteiger partial charge in [-0.1, -0.05) is 37.6 Å². The Hall–Kier alpha value is -1.54. The van der Waals surface area contributed by atoms with Crippen molar-refractivity contribution in [1.82, 2.24) is 4.57 Å². The second-order valence-electron chi connectivity index (χ2n) is 5.94. The van der Waals surface area contributed by atoms with E-state index in [1.54, 1.807) is 0 Å². The molecule has 0 bridgehead atoms. The molecule has 0 N–H and O–H groups in total. The molecule has 1 aliphatic carbocycles. The van der Waals surface area contributed by atoms with Gasteiger partial charge in [-0.05, 0) is 30.0 Å². The number of aromatic nitrogens is 1. The van der Waals surface area contributed by atoms with E-state index in [1.165, 1.54) is 0 Å². The summed E-state index contributed by atoms with van der Waals surface area (Å²) in [5.41, 5.74) is 2.88. The van der Waals surface area contributed by atoms with E-state index in [2.05, 4.69) is 18.4 Å². The summed E-state index contributed by atoms with van der Waals surface area (Å²) in [6.45, 7) is 4.27. The minimum Gasteiger partial charge on any atom is -0.319 e. The third-order valence-corrected chi connectivity index (χ3v) is 4.01. The zero-order valence-corrected chi connectivity index (χ0v) is 11.9. The van der Waals surface area contributed by atoms with Crippen molar-refractivity contribution in [2.24, 2.45) is 5.41 Å². The minimum absolute atomic E-state index is 0.0153. The van der Waals surface area contributed by atoms with Gasteiger partial charge in [0.15, 0.2) is 5.78 Å². The van der Waals surface area contributed by atoms with Crippen molar-refractivity contribution in [2.75, 3.05) is 0 Å². The van der Waals surface area contributed by atoms with Crippen LogP contribution in [0.3, 0.4) is 0 Å². The molecule has 1 aliphatic rings. The summed E-state index contributed by atoms with van der Waals surface area (Å²) in [6, 6.07) is 9.64. The average molecular weight is 274 g/mol. The van der Waals surface area contributed by atoms with E-state index in [-0.39, 0.29) is 11.2 Å². The third kappa shape index (κ3) is 2.10. The molecular weight excluding hydrogens is 258 g/mol. The predicted molar refractivity (Wildman–Crippen MR) is 77.2 cm³/mol. The lowest BCUT2D eigenvalue weighted by Gasteiger charge is -2.29. The van der Waals surface area contributed by atoms with Crippen LogP contribution >= 0.6 is 11.6 Å². The van der Waals surface area contributed by atoms with Crippen molar-refractivity contribution < 1.29 is 4.79 Å². The fourth-order valence-corrected chi connectivity index (χ4v) is 3.04. The van der Waals surface area contributed by atoms with E-state index in [1.807, 2.05) is 36.5 Å². The lowest BCUT2D eigenvalue weighted by Crippen LogP contribution is -2.27. The van der Waals surface area contributed by atoms with Crippen LogP contribution in [0.1, 0.15) is 36.3 Å². The van der Waals surface area contributed by atoms with E-state index in [9.17, 15) is 4.79 Å². The largest absolute Gasteiger partial charge is 0.319 e.